The molecule has 7 nitrogen and oxygen atoms in total. The maximum atomic E-state index is 13.0. The SMILES string of the molecule is COc1cc2c(c(O)c1OC)N(C(C)=O)[C@@H]1CC[C@@]34CCCN5CC[C@@]21[C@]53OCC4. The van der Waals surface area contributed by atoms with Crippen molar-refractivity contribution >= 4 is 11.6 Å². The Hall–Kier alpha value is -1.99. The Labute approximate surface area is 176 Å². The van der Waals surface area contributed by atoms with Gasteiger partial charge in [0.25, 0.3) is 0 Å². The summed E-state index contributed by atoms with van der Waals surface area (Å²) in [6, 6.07) is 1.98. The van der Waals surface area contributed by atoms with E-state index in [1.807, 2.05) is 11.0 Å². The van der Waals surface area contributed by atoms with Crippen LogP contribution in [0.1, 0.15) is 51.0 Å². The first-order chi connectivity index (χ1) is 14.5. The van der Waals surface area contributed by atoms with Crippen LogP contribution in [0.15, 0.2) is 6.07 Å². The van der Waals surface area contributed by atoms with Crippen molar-refractivity contribution in [3.8, 4) is 17.2 Å². The van der Waals surface area contributed by atoms with E-state index in [2.05, 4.69) is 4.90 Å². The van der Waals surface area contributed by atoms with Crippen molar-refractivity contribution in [3.63, 3.8) is 0 Å². The second-order valence-electron chi connectivity index (χ2n) is 9.64. The van der Waals surface area contributed by atoms with Gasteiger partial charge in [-0.3, -0.25) is 9.69 Å². The molecule has 0 aromatic heterocycles. The molecule has 1 aliphatic carbocycles. The number of methoxy groups -OCH3 is 2. The van der Waals surface area contributed by atoms with E-state index in [0.717, 1.165) is 50.9 Å². The zero-order valence-corrected chi connectivity index (χ0v) is 18.0. The molecule has 1 saturated carbocycles. The minimum atomic E-state index is -0.411. The van der Waals surface area contributed by atoms with Crippen LogP contribution >= 0.6 is 0 Å². The summed E-state index contributed by atoms with van der Waals surface area (Å²) in [4.78, 5) is 17.4. The van der Waals surface area contributed by atoms with Gasteiger partial charge in [-0.25, -0.2) is 0 Å². The quantitative estimate of drug-likeness (QED) is 0.803. The number of benzene rings is 1. The molecule has 5 aliphatic rings. The Kier molecular flexibility index (Phi) is 3.64. The van der Waals surface area contributed by atoms with Gasteiger partial charge in [-0.1, -0.05) is 0 Å². The van der Waals surface area contributed by atoms with Crippen molar-refractivity contribution in [2.45, 2.75) is 62.6 Å². The lowest BCUT2D eigenvalue weighted by atomic mass is 9.50. The molecule has 2 spiro atoms. The molecular weight excluding hydrogens is 384 g/mol. The number of fused-ring (bicyclic) bond motifs is 1. The molecule has 0 unspecified atom stereocenters. The van der Waals surface area contributed by atoms with E-state index in [0.29, 0.717) is 11.4 Å². The molecule has 1 amide bonds. The number of phenolic OH excluding ortho intramolecular Hbond substituents is 1. The van der Waals surface area contributed by atoms with Crippen LogP contribution in [0, 0.1) is 5.41 Å². The summed E-state index contributed by atoms with van der Waals surface area (Å²) in [7, 11) is 3.11. The fourth-order valence-electron chi connectivity index (χ4n) is 8.24. The van der Waals surface area contributed by atoms with Gasteiger partial charge in [-0.2, -0.15) is 0 Å². The molecule has 6 rings (SSSR count). The average Bonchev–Trinajstić information content (AvgIpc) is 3.38. The minimum Gasteiger partial charge on any atom is -0.503 e. The number of aromatic hydroxyl groups is 1. The maximum absolute atomic E-state index is 13.0. The smallest absolute Gasteiger partial charge is 0.224 e. The second kappa shape index (κ2) is 5.82. The highest BCUT2D eigenvalue weighted by Crippen LogP contribution is 2.74. The lowest BCUT2D eigenvalue weighted by molar-refractivity contribution is -0.232. The molecule has 3 saturated heterocycles. The Bertz CT molecular complexity index is 950. The van der Waals surface area contributed by atoms with Crippen molar-refractivity contribution in [2.24, 2.45) is 5.41 Å². The van der Waals surface area contributed by atoms with E-state index in [1.165, 1.54) is 20.0 Å². The van der Waals surface area contributed by atoms with Gasteiger partial charge in [0.05, 0.1) is 31.4 Å². The summed E-state index contributed by atoms with van der Waals surface area (Å²) >= 11 is 0. The summed E-state index contributed by atoms with van der Waals surface area (Å²) in [5, 5.41) is 11.3. The van der Waals surface area contributed by atoms with Crippen LogP contribution < -0.4 is 14.4 Å². The van der Waals surface area contributed by atoms with Crippen LogP contribution in [-0.4, -0.2) is 61.6 Å². The number of piperidine rings is 1. The van der Waals surface area contributed by atoms with E-state index in [-0.39, 0.29) is 34.3 Å². The number of rotatable bonds is 2. The molecule has 4 aliphatic heterocycles. The molecule has 1 aromatic carbocycles. The fraction of sp³-hybridized carbons (Fsp3) is 0.696. The first kappa shape index (κ1) is 18.8. The van der Waals surface area contributed by atoms with E-state index in [1.54, 1.807) is 14.0 Å². The molecule has 0 radical (unpaired) electrons. The first-order valence-electron chi connectivity index (χ1n) is 11.1. The van der Waals surface area contributed by atoms with Crippen LogP contribution in [0.25, 0.3) is 0 Å². The Morgan fingerprint density at radius 2 is 2.03 bits per heavy atom. The third kappa shape index (κ3) is 1.73. The number of hydrogen-bond donors (Lipinski definition) is 1. The van der Waals surface area contributed by atoms with Gasteiger partial charge >= 0.3 is 0 Å². The summed E-state index contributed by atoms with van der Waals surface area (Å²) in [6.45, 7) is 4.35. The van der Waals surface area contributed by atoms with Crippen molar-refractivity contribution in [1.82, 2.24) is 4.90 Å². The highest BCUT2D eigenvalue weighted by Gasteiger charge is 2.80. The lowest BCUT2D eigenvalue weighted by Crippen LogP contribution is -2.73. The van der Waals surface area contributed by atoms with Crippen LogP contribution in [0.5, 0.6) is 17.2 Å². The molecule has 0 bridgehead atoms. The van der Waals surface area contributed by atoms with E-state index >= 15 is 0 Å². The van der Waals surface area contributed by atoms with Crippen LogP contribution in [0.3, 0.4) is 0 Å². The van der Waals surface area contributed by atoms with E-state index < -0.39 is 5.72 Å². The third-order valence-corrected chi connectivity index (χ3v) is 8.98. The lowest BCUT2D eigenvalue weighted by Gasteiger charge is -2.62. The van der Waals surface area contributed by atoms with Crippen molar-refractivity contribution in [1.29, 1.82) is 0 Å². The number of amides is 1. The van der Waals surface area contributed by atoms with Crippen molar-refractivity contribution < 1.29 is 24.1 Å². The average molecular weight is 415 g/mol. The number of carbonyl (C=O) groups is 1. The van der Waals surface area contributed by atoms with E-state index in [9.17, 15) is 9.90 Å². The zero-order valence-electron chi connectivity index (χ0n) is 18.0. The van der Waals surface area contributed by atoms with Crippen molar-refractivity contribution in [3.05, 3.63) is 11.6 Å². The van der Waals surface area contributed by atoms with Crippen LogP contribution in [0.4, 0.5) is 5.69 Å². The number of ether oxygens (including phenoxy) is 3. The maximum Gasteiger partial charge on any atom is 0.224 e. The van der Waals surface area contributed by atoms with Gasteiger partial charge in [0.1, 0.15) is 5.72 Å². The molecular formula is C23H30N2O5. The Morgan fingerprint density at radius 3 is 2.77 bits per heavy atom. The van der Waals surface area contributed by atoms with Gasteiger partial charge in [-0.05, 0) is 50.2 Å². The normalized spacial score (nSPS) is 38.6. The van der Waals surface area contributed by atoms with Crippen molar-refractivity contribution in [2.75, 3.05) is 38.8 Å². The topological polar surface area (TPSA) is 71.5 Å². The molecule has 162 valence electrons. The number of anilines is 1. The number of phenols is 1. The van der Waals surface area contributed by atoms with Gasteiger partial charge in [0.2, 0.25) is 11.7 Å². The molecule has 4 atom stereocenters. The predicted octanol–water partition coefficient (Wildman–Crippen LogP) is 2.78. The van der Waals surface area contributed by atoms with Gasteiger partial charge in [0.15, 0.2) is 11.5 Å². The first-order valence-corrected chi connectivity index (χ1v) is 11.1. The zero-order chi connectivity index (χ0) is 20.9. The largest absolute Gasteiger partial charge is 0.503 e. The Balaban J connectivity index is 1.70. The van der Waals surface area contributed by atoms with E-state index in [4.69, 9.17) is 14.2 Å². The molecule has 1 aromatic rings. The molecule has 1 N–H and O–H groups in total. The Morgan fingerprint density at radius 1 is 1.20 bits per heavy atom. The highest BCUT2D eigenvalue weighted by atomic mass is 16.5. The third-order valence-electron chi connectivity index (χ3n) is 8.98. The van der Waals surface area contributed by atoms with Gasteiger partial charge in [-0.15, -0.1) is 0 Å². The summed E-state index contributed by atoms with van der Waals surface area (Å²) in [5.74, 6) is 0.746. The number of nitrogens with zero attached hydrogens (tertiary/aromatic N) is 2. The minimum absolute atomic E-state index is 0.0000753. The molecule has 7 heteroatoms. The number of hydrogen-bond acceptors (Lipinski definition) is 6. The highest BCUT2D eigenvalue weighted by molar-refractivity contribution is 5.99. The van der Waals surface area contributed by atoms with Crippen LogP contribution in [-0.2, 0) is 14.9 Å². The summed E-state index contributed by atoms with van der Waals surface area (Å²) in [6.07, 6.45) is 6.36. The summed E-state index contributed by atoms with van der Waals surface area (Å²) < 4.78 is 17.9. The van der Waals surface area contributed by atoms with Crippen LogP contribution in [0.2, 0.25) is 0 Å². The van der Waals surface area contributed by atoms with Gasteiger partial charge in [0, 0.05) is 32.0 Å². The monoisotopic (exact) mass is 414 g/mol. The molecule has 4 heterocycles. The fourth-order valence-corrected chi connectivity index (χ4v) is 8.24. The van der Waals surface area contributed by atoms with Gasteiger partial charge < -0.3 is 24.2 Å². The predicted molar refractivity (Wildman–Crippen MR) is 110 cm³/mol. The standard InChI is InChI=1S/C23H30N2O5/c1-14(26)25-17-5-7-21-6-4-10-24-11-8-22(17,23(21,24)30-12-9-21)15-13-16(28-2)20(29-3)19(27)18(15)25/h13,17,27H,4-12H2,1-3H3/t17-,21-,22-,23+/m1/s1. The number of carbonyl (C=O) groups excluding carboxylic acids is 1. The second-order valence-corrected chi connectivity index (χ2v) is 9.64. The summed E-state index contributed by atoms with van der Waals surface area (Å²) in [5.41, 5.74) is 0.934. The molecule has 4 fully saturated rings. The molecule has 30 heavy (non-hydrogen) atoms.